The first kappa shape index (κ1) is 16.0. The van der Waals surface area contributed by atoms with Crippen LogP contribution in [0.3, 0.4) is 0 Å². The van der Waals surface area contributed by atoms with E-state index < -0.39 is 12.0 Å². The molecule has 0 bridgehead atoms. The summed E-state index contributed by atoms with van der Waals surface area (Å²) in [5.41, 5.74) is 0. The van der Waals surface area contributed by atoms with Crippen LogP contribution in [0, 0.1) is 5.92 Å². The van der Waals surface area contributed by atoms with E-state index in [9.17, 15) is 9.59 Å². The second-order valence-electron chi connectivity index (χ2n) is 5.54. The van der Waals surface area contributed by atoms with Crippen LogP contribution in [0.2, 0.25) is 0 Å². The number of carboxylic acids is 1. The fraction of sp³-hybridized carbons (Fsp3) is 0.857. The van der Waals surface area contributed by atoms with Gasteiger partial charge in [0.05, 0.1) is 0 Å². The maximum Gasteiger partial charge on any atom is 0.327 e. The van der Waals surface area contributed by atoms with Crippen molar-refractivity contribution >= 4 is 11.9 Å². The molecule has 5 nitrogen and oxygen atoms in total. The van der Waals surface area contributed by atoms with Gasteiger partial charge in [-0.25, -0.2) is 4.79 Å². The first-order valence-corrected chi connectivity index (χ1v) is 7.24. The van der Waals surface area contributed by atoms with Gasteiger partial charge in [-0.3, -0.25) is 4.79 Å². The van der Waals surface area contributed by atoms with Crippen LogP contribution in [0.5, 0.6) is 0 Å². The van der Waals surface area contributed by atoms with E-state index >= 15 is 0 Å². The molecule has 110 valence electrons. The number of carbonyl (C=O) groups excluding carboxylic acids is 1. The Morgan fingerprint density at radius 2 is 1.79 bits per heavy atom. The Hall–Kier alpha value is -1.10. The molecule has 0 aromatic carbocycles. The van der Waals surface area contributed by atoms with Gasteiger partial charge in [-0.2, -0.15) is 0 Å². The largest absolute Gasteiger partial charge is 0.480 e. The molecule has 0 heterocycles. The highest BCUT2D eigenvalue weighted by molar-refractivity contribution is 5.82. The van der Waals surface area contributed by atoms with Gasteiger partial charge in [0, 0.05) is 19.5 Å². The van der Waals surface area contributed by atoms with Gasteiger partial charge < -0.3 is 15.7 Å². The summed E-state index contributed by atoms with van der Waals surface area (Å²) in [5.74, 6) is -0.679. The summed E-state index contributed by atoms with van der Waals surface area (Å²) < 4.78 is 0. The fourth-order valence-corrected chi connectivity index (χ4v) is 2.73. The van der Waals surface area contributed by atoms with E-state index in [0.717, 1.165) is 0 Å². The summed E-state index contributed by atoms with van der Waals surface area (Å²) in [6.45, 7) is 3.74. The first-order chi connectivity index (χ1) is 9.00. The Bertz CT molecular complexity index is 299. The predicted octanol–water partition coefficient (Wildman–Crippen LogP) is 1.52. The van der Waals surface area contributed by atoms with E-state index in [0.29, 0.717) is 12.0 Å². The number of rotatable bonds is 6. The van der Waals surface area contributed by atoms with Gasteiger partial charge in [0.2, 0.25) is 5.91 Å². The Kier molecular flexibility index (Phi) is 6.84. The van der Waals surface area contributed by atoms with Crippen LogP contribution in [-0.2, 0) is 9.59 Å². The second-order valence-corrected chi connectivity index (χ2v) is 5.54. The molecule has 1 unspecified atom stereocenters. The average molecular weight is 270 g/mol. The molecule has 1 aliphatic rings. The lowest BCUT2D eigenvalue weighted by molar-refractivity contribution is -0.141. The maximum atomic E-state index is 11.0. The van der Waals surface area contributed by atoms with Crippen molar-refractivity contribution in [2.24, 2.45) is 5.92 Å². The van der Waals surface area contributed by atoms with Crippen molar-refractivity contribution in [1.82, 2.24) is 10.6 Å². The lowest BCUT2D eigenvalue weighted by atomic mass is 9.93. The molecule has 0 spiro atoms. The Balaban J connectivity index is 2.39. The van der Waals surface area contributed by atoms with Crippen molar-refractivity contribution in [3.05, 3.63) is 0 Å². The molecule has 0 aromatic heterocycles. The van der Waals surface area contributed by atoms with Gasteiger partial charge in [0.15, 0.2) is 0 Å². The minimum atomic E-state index is -0.990. The summed E-state index contributed by atoms with van der Waals surface area (Å²) in [5, 5.41) is 14.8. The summed E-state index contributed by atoms with van der Waals surface area (Å²) in [6.07, 6.45) is 7.59. The van der Waals surface area contributed by atoms with Gasteiger partial charge in [0.25, 0.3) is 0 Å². The molecule has 3 N–H and O–H groups in total. The standard InChI is InChI=1S/C14H26N2O3/c1-10(12-7-5-3-4-6-8-12)15-9-13(14(18)19)16-11(2)17/h10,12-13,15H,3-9H2,1-2H3,(H,16,17)(H,18,19)/t10-,13?/m0/s1. The highest BCUT2D eigenvalue weighted by atomic mass is 16.4. The van der Waals surface area contributed by atoms with Crippen LogP contribution in [-0.4, -0.2) is 35.6 Å². The highest BCUT2D eigenvalue weighted by Gasteiger charge is 2.22. The molecule has 0 saturated heterocycles. The van der Waals surface area contributed by atoms with Crippen LogP contribution in [0.1, 0.15) is 52.4 Å². The molecular weight excluding hydrogens is 244 g/mol. The van der Waals surface area contributed by atoms with Gasteiger partial charge in [-0.1, -0.05) is 25.7 Å². The maximum absolute atomic E-state index is 11.0. The monoisotopic (exact) mass is 270 g/mol. The third-order valence-electron chi connectivity index (χ3n) is 3.93. The molecule has 19 heavy (non-hydrogen) atoms. The highest BCUT2D eigenvalue weighted by Crippen LogP contribution is 2.25. The zero-order valence-electron chi connectivity index (χ0n) is 11.9. The third kappa shape index (κ3) is 6.05. The number of hydrogen-bond acceptors (Lipinski definition) is 3. The molecule has 1 aliphatic carbocycles. The summed E-state index contributed by atoms with van der Waals surface area (Å²) in [6, 6.07) is -0.542. The van der Waals surface area contributed by atoms with Crippen molar-refractivity contribution in [3.8, 4) is 0 Å². The Morgan fingerprint density at radius 1 is 1.21 bits per heavy atom. The Labute approximate surface area is 115 Å². The topological polar surface area (TPSA) is 78.4 Å². The average Bonchev–Trinajstić information content (AvgIpc) is 2.62. The van der Waals surface area contributed by atoms with E-state index in [1.165, 1.54) is 45.4 Å². The van der Waals surface area contributed by atoms with E-state index in [1.54, 1.807) is 0 Å². The van der Waals surface area contributed by atoms with Gasteiger partial charge in [0.1, 0.15) is 6.04 Å². The van der Waals surface area contributed by atoms with Gasteiger partial charge >= 0.3 is 5.97 Å². The SMILES string of the molecule is CC(=O)NC(CN[C@@H](C)C1CCCCCC1)C(=O)O. The zero-order valence-corrected chi connectivity index (χ0v) is 11.9. The van der Waals surface area contributed by atoms with Crippen molar-refractivity contribution in [2.45, 2.75) is 64.5 Å². The molecule has 0 radical (unpaired) electrons. The number of nitrogens with one attached hydrogen (secondary N) is 2. The van der Waals surface area contributed by atoms with Crippen molar-refractivity contribution in [1.29, 1.82) is 0 Å². The van der Waals surface area contributed by atoms with Gasteiger partial charge in [-0.05, 0) is 25.7 Å². The molecule has 0 aromatic rings. The van der Waals surface area contributed by atoms with E-state index in [-0.39, 0.29) is 12.5 Å². The normalized spacial score (nSPS) is 20.3. The van der Waals surface area contributed by atoms with E-state index in [2.05, 4.69) is 17.6 Å². The number of aliphatic carboxylic acids is 1. The number of amides is 1. The van der Waals surface area contributed by atoms with Crippen LogP contribution in [0.15, 0.2) is 0 Å². The molecule has 5 heteroatoms. The molecule has 1 fully saturated rings. The quantitative estimate of drug-likeness (QED) is 0.639. The molecule has 1 rings (SSSR count). The number of carbonyl (C=O) groups is 2. The minimum Gasteiger partial charge on any atom is -0.480 e. The first-order valence-electron chi connectivity index (χ1n) is 7.24. The molecule has 0 aliphatic heterocycles. The minimum absolute atomic E-state index is 0.284. The summed E-state index contributed by atoms with van der Waals surface area (Å²) in [7, 11) is 0. The number of hydrogen-bond donors (Lipinski definition) is 3. The summed E-state index contributed by atoms with van der Waals surface area (Å²) >= 11 is 0. The lowest BCUT2D eigenvalue weighted by Crippen LogP contribution is -2.49. The third-order valence-corrected chi connectivity index (χ3v) is 3.93. The number of carboxylic acid groups (broad SMARTS) is 1. The van der Waals surface area contributed by atoms with Crippen molar-refractivity contribution < 1.29 is 14.7 Å². The molecule has 1 amide bonds. The van der Waals surface area contributed by atoms with E-state index in [4.69, 9.17) is 5.11 Å². The van der Waals surface area contributed by atoms with Crippen LogP contribution in [0.25, 0.3) is 0 Å². The molecule has 1 saturated carbocycles. The molecule has 2 atom stereocenters. The lowest BCUT2D eigenvalue weighted by Gasteiger charge is -2.25. The predicted molar refractivity (Wildman–Crippen MR) is 73.9 cm³/mol. The van der Waals surface area contributed by atoms with E-state index in [1.807, 2.05) is 0 Å². The van der Waals surface area contributed by atoms with Crippen LogP contribution < -0.4 is 10.6 Å². The van der Waals surface area contributed by atoms with Crippen molar-refractivity contribution in [3.63, 3.8) is 0 Å². The second kappa shape index (κ2) is 8.15. The van der Waals surface area contributed by atoms with Crippen LogP contribution >= 0.6 is 0 Å². The summed E-state index contributed by atoms with van der Waals surface area (Å²) in [4.78, 5) is 22.0. The van der Waals surface area contributed by atoms with Gasteiger partial charge in [-0.15, -0.1) is 0 Å². The molecular formula is C14H26N2O3. The Morgan fingerprint density at radius 3 is 2.26 bits per heavy atom. The smallest absolute Gasteiger partial charge is 0.327 e. The van der Waals surface area contributed by atoms with Crippen LogP contribution in [0.4, 0.5) is 0 Å². The zero-order chi connectivity index (χ0) is 14.3. The van der Waals surface area contributed by atoms with Crippen molar-refractivity contribution in [2.75, 3.05) is 6.54 Å². The fourth-order valence-electron chi connectivity index (χ4n) is 2.73.